The number of thiazole rings is 1. The third kappa shape index (κ3) is 3.60. The molecule has 3 rings (SSSR count). The maximum atomic E-state index is 12.1. The van der Waals surface area contributed by atoms with Crippen molar-refractivity contribution < 1.29 is 13.9 Å². The first kappa shape index (κ1) is 16.1. The van der Waals surface area contributed by atoms with Gasteiger partial charge in [0, 0.05) is 5.56 Å². The second-order valence-electron chi connectivity index (χ2n) is 5.03. The van der Waals surface area contributed by atoms with Crippen molar-refractivity contribution in [1.82, 2.24) is 20.5 Å². The number of carbonyl (C=O) groups excluding carboxylic acids is 1. The first-order valence-electron chi connectivity index (χ1n) is 7.29. The summed E-state index contributed by atoms with van der Waals surface area (Å²) < 4.78 is 10.8. The molecule has 0 saturated carbocycles. The van der Waals surface area contributed by atoms with Gasteiger partial charge in [0.1, 0.15) is 10.6 Å². The fourth-order valence-corrected chi connectivity index (χ4v) is 2.91. The quantitative estimate of drug-likeness (QED) is 0.738. The lowest BCUT2D eigenvalue weighted by Gasteiger charge is -2.07. The normalized spacial score (nSPS) is 10.6. The van der Waals surface area contributed by atoms with Gasteiger partial charge in [-0.1, -0.05) is 18.2 Å². The molecule has 0 aliphatic rings. The van der Waals surface area contributed by atoms with E-state index in [0.717, 1.165) is 16.1 Å². The average molecular weight is 344 g/mol. The number of benzene rings is 1. The second kappa shape index (κ2) is 7.22. The first-order valence-corrected chi connectivity index (χ1v) is 8.16. The van der Waals surface area contributed by atoms with Crippen LogP contribution in [0.15, 0.2) is 34.2 Å². The molecule has 1 amide bonds. The molecule has 7 nitrogen and oxygen atoms in total. The largest absolute Gasteiger partial charge is 0.496 e. The van der Waals surface area contributed by atoms with Crippen molar-refractivity contribution in [2.45, 2.75) is 19.9 Å². The molecule has 0 saturated heterocycles. The Bertz CT molecular complexity index is 843. The molecule has 0 bridgehead atoms. The zero-order valence-electron chi connectivity index (χ0n) is 13.3. The monoisotopic (exact) mass is 344 g/mol. The van der Waals surface area contributed by atoms with Gasteiger partial charge in [-0.25, -0.2) is 4.98 Å². The topological polar surface area (TPSA) is 90.1 Å². The van der Waals surface area contributed by atoms with Gasteiger partial charge < -0.3 is 14.5 Å². The van der Waals surface area contributed by atoms with Crippen molar-refractivity contribution in [2.24, 2.45) is 0 Å². The number of hydrogen-bond acceptors (Lipinski definition) is 7. The number of hydrogen-bond donors (Lipinski definition) is 1. The van der Waals surface area contributed by atoms with Crippen molar-refractivity contribution in [3.63, 3.8) is 0 Å². The third-order valence-corrected chi connectivity index (χ3v) is 4.30. The number of carbonyl (C=O) groups is 1. The highest BCUT2D eigenvalue weighted by Gasteiger charge is 2.14. The summed E-state index contributed by atoms with van der Waals surface area (Å²) in [4.78, 5) is 17.1. The van der Waals surface area contributed by atoms with Gasteiger partial charge in [-0.3, -0.25) is 4.79 Å². The van der Waals surface area contributed by atoms with Crippen LogP contribution in [0.3, 0.4) is 0 Å². The number of nitrogens with one attached hydrogen (secondary N) is 1. The molecule has 1 aromatic carbocycles. The average Bonchev–Trinajstić information content (AvgIpc) is 3.22. The van der Waals surface area contributed by atoms with Crippen LogP contribution in [-0.4, -0.2) is 28.2 Å². The molecule has 0 fully saturated rings. The lowest BCUT2D eigenvalue weighted by molar-refractivity contribution is -0.120. The van der Waals surface area contributed by atoms with Gasteiger partial charge in [-0.15, -0.1) is 21.5 Å². The van der Waals surface area contributed by atoms with Crippen LogP contribution in [0.5, 0.6) is 5.75 Å². The van der Waals surface area contributed by atoms with E-state index in [1.807, 2.05) is 31.2 Å². The number of methoxy groups -OCH3 is 1. The van der Waals surface area contributed by atoms with Gasteiger partial charge in [-0.2, -0.15) is 0 Å². The minimum absolute atomic E-state index is 0.145. The zero-order valence-corrected chi connectivity index (χ0v) is 14.1. The van der Waals surface area contributed by atoms with Gasteiger partial charge in [0.15, 0.2) is 0 Å². The fraction of sp³-hybridized carbons (Fsp3) is 0.250. The molecule has 2 heterocycles. The number of para-hydroxylation sites is 1. The predicted octanol–water partition coefficient (Wildman–Crippen LogP) is 2.37. The summed E-state index contributed by atoms with van der Waals surface area (Å²) in [7, 11) is 1.58. The van der Waals surface area contributed by atoms with Crippen molar-refractivity contribution in [3.05, 3.63) is 46.9 Å². The van der Waals surface area contributed by atoms with Gasteiger partial charge in [0.05, 0.1) is 31.3 Å². The number of ether oxygens (including phenoxy) is 1. The van der Waals surface area contributed by atoms with Crippen LogP contribution in [0.1, 0.15) is 17.1 Å². The van der Waals surface area contributed by atoms with E-state index >= 15 is 0 Å². The van der Waals surface area contributed by atoms with Crippen LogP contribution in [0.25, 0.3) is 10.8 Å². The predicted molar refractivity (Wildman–Crippen MR) is 88.7 cm³/mol. The van der Waals surface area contributed by atoms with Crippen molar-refractivity contribution in [3.8, 4) is 16.5 Å². The summed E-state index contributed by atoms with van der Waals surface area (Å²) in [5.41, 5.74) is 3.39. The minimum Gasteiger partial charge on any atom is -0.496 e. The first-order chi connectivity index (χ1) is 11.7. The van der Waals surface area contributed by atoms with Crippen LogP contribution in [0, 0.1) is 6.92 Å². The molecule has 24 heavy (non-hydrogen) atoms. The number of amides is 1. The van der Waals surface area contributed by atoms with E-state index < -0.39 is 0 Å². The molecule has 2 aromatic heterocycles. The molecule has 0 aliphatic carbocycles. The SMILES string of the molecule is COc1ccccc1CC(=O)NCc1nnc(-c2scnc2C)o1. The number of rotatable bonds is 6. The summed E-state index contributed by atoms with van der Waals surface area (Å²) in [5, 5.41) is 10.7. The Labute approximate surface area is 142 Å². The van der Waals surface area contributed by atoms with E-state index in [9.17, 15) is 4.79 Å². The molecule has 0 aliphatic heterocycles. The summed E-state index contributed by atoms with van der Waals surface area (Å²) in [6.45, 7) is 2.06. The summed E-state index contributed by atoms with van der Waals surface area (Å²) in [5.74, 6) is 1.32. The highest BCUT2D eigenvalue weighted by Crippen LogP contribution is 2.25. The zero-order chi connectivity index (χ0) is 16.9. The molecule has 124 valence electrons. The molecule has 0 radical (unpaired) electrons. The molecular formula is C16H16N4O3S. The van der Waals surface area contributed by atoms with Crippen molar-refractivity contribution in [1.29, 1.82) is 0 Å². The van der Waals surface area contributed by atoms with Crippen molar-refractivity contribution in [2.75, 3.05) is 7.11 Å². The van der Waals surface area contributed by atoms with Crippen LogP contribution in [-0.2, 0) is 17.8 Å². The smallest absolute Gasteiger partial charge is 0.259 e. The van der Waals surface area contributed by atoms with E-state index in [1.54, 1.807) is 12.6 Å². The Kier molecular flexibility index (Phi) is 4.85. The Balaban J connectivity index is 1.59. The summed E-state index contributed by atoms with van der Waals surface area (Å²) in [6.07, 6.45) is 0.221. The fourth-order valence-electron chi connectivity index (χ4n) is 2.18. The lowest BCUT2D eigenvalue weighted by Crippen LogP contribution is -2.24. The summed E-state index contributed by atoms with van der Waals surface area (Å²) >= 11 is 1.44. The van der Waals surface area contributed by atoms with Crippen LogP contribution in [0.4, 0.5) is 0 Å². The standard InChI is InChI=1S/C16H16N4O3S/c1-10-15(24-9-18-10)16-20-19-14(23-16)8-17-13(21)7-11-5-3-4-6-12(11)22-2/h3-6,9H,7-8H2,1-2H3,(H,17,21). The minimum atomic E-state index is -0.145. The molecule has 0 unspecified atom stereocenters. The lowest BCUT2D eigenvalue weighted by atomic mass is 10.1. The highest BCUT2D eigenvalue weighted by molar-refractivity contribution is 7.13. The number of aromatic nitrogens is 3. The molecule has 3 aromatic rings. The van der Waals surface area contributed by atoms with Crippen LogP contribution < -0.4 is 10.1 Å². The van der Waals surface area contributed by atoms with Gasteiger partial charge in [0.25, 0.3) is 5.89 Å². The Morgan fingerprint density at radius 3 is 2.92 bits per heavy atom. The van der Waals surface area contributed by atoms with E-state index in [-0.39, 0.29) is 18.9 Å². The van der Waals surface area contributed by atoms with Gasteiger partial charge in [0.2, 0.25) is 11.8 Å². The second-order valence-corrected chi connectivity index (χ2v) is 5.89. The van der Waals surface area contributed by atoms with Crippen LogP contribution >= 0.6 is 11.3 Å². The highest BCUT2D eigenvalue weighted by atomic mass is 32.1. The molecule has 0 atom stereocenters. The number of aryl methyl sites for hydroxylation is 1. The van der Waals surface area contributed by atoms with E-state index in [0.29, 0.717) is 17.5 Å². The molecule has 0 spiro atoms. The third-order valence-electron chi connectivity index (χ3n) is 3.39. The maximum absolute atomic E-state index is 12.1. The van der Waals surface area contributed by atoms with E-state index in [1.165, 1.54) is 11.3 Å². The van der Waals surface area contributed by atoms with Gasteiger partial charge >= 0.3 is 0 Å². The maximum Gasteiger partial charge on any atom is 0.259 e. The van der Waals surface area contributed by atoms with E-state index in [4.69, 9.17) is 9.15 Å². The summed E-state index contributed by atoms with van der Waals surface area (Å²) in [6, 6.07) is 7.41. The number of nitrogens with zero attached hydrogens (tertiary/aromatic N) is 3. The molecular weight excluding hydrogens is 328 g/mol. The Morgan fingerprint density at radius 1 is 1.33 bits per heavy atom. The Hall–Kier alpha value is -2.74. The van der Waals surface area contributed by atoms with Crippen molar-refractivity contribution >= 4 is 17.2 Å². The molecule has 8 heteroatoms. The van der Waals surface area contributed by atoms with Gasteiger partial charge in [-0.05, 0) is 13.0 Å². The molecule has 1 N–H and O–H groups in total. The Morgan fingerprint density at radius 2 is 2.17 bits per heavy atom. The van der Waals surface area contributed by atoms with E-state index in [2.05, 4.69) is 20.5 Å². The van der Waals surface area contributed by atoms with Crippen LogP contribution in [0.2, 0.25) is 0 Å².